The summed E-state index contributed by atoms with van der Waals surface area (Å²) in [4.78, 5) is 14.8. The molecule has 0 spiro atoms. The molecule has 29 heavy (non-hydrogen) atoms. The van der Waals surface area contributed by atoms with Crippen LogP contribution in [-0.4, -0.2) is 32.3 Å². The number of carbonyl (C=O) groups excluding carboxylic acids is 1. The molecule has 1 aromatic carbocycles. The summed E-state index contributed by atoms with van der Waals surface area (Å²) in [6.07, 6.45) is 4.21. The minimum Gasteiger partial charge on any atom is -0.356 e. The zero-order valence-corrected chi connectivity index (χ0v) is 16.4. The summed E-state index contributed by atoms with van der Waals surface area (Å²) in [5.74, 6) is -0.787. The third-order valence-electron chi connectivity index (χ3n) is 5.24. The fourth-order valence-electron chi connectivity index (χ4n) is 3.89. The number of carbonyl (C=O) groups is 1. The van der Waals surface area contributed by atoms with Crippen molar-refractivity contribution < 1.29 is 18.1 Å². The van der Waals surface area contributed by atoms with Crippen LogP contribution in [0.15, 0.2) is 35.0 Å². The molecule has 1 aliphatic rings. The number of nitrogens with zero attached hydrogens (tertiary/aromatic N) is 4. The highest BCUT2D eigenvalue weighted by molar-refractivity contribution is 5.79. The van der Waals surface area contributed by atoms with Gasteiger partial charge in [-0.05, 0) is 44.4 Å². The molecule has 6 nitrogen and oxygen atoms in total. The first-order valence-electron chi connectivity index (χ1n) is 9.63. The number of hydrogen-bond acceptors (Lipinski definition) is 4. The van der Waals surface area contributed by atoms with Crippen molar-refractivity contribution in [1.82, 2.24) is 19.8 Å². The van der Waals surface area contributed by atoms with Crippen molar-refractivity contribution in [3.63, 3.8) is 0 Å². The van der Waals surface area contributed by atoms with Crippen molar-refractivity contribution in [3.05, 3.63) is 59.0 Å². The van der Waals surface area contributed by atoms with Gasteiger partial charge in [-0.2, -0.15) is 5.10 Å². The predicted molar refractivity (Wildman–Crippen MR) is 102 cm³/mol. The number of rotatable bonds is 4. The van der Waals surface area contributed by atoms with E-state index in [1.165, 1.54) is 0 Å². The van der Waals surface area contributed by atoms with E-state index in [1.807, 2.05) is 26.2 Å². The maximum absolute atomic E-state index is 14.0. The molecule has 2 aromatic heterocycles. The van der Waals surface area contributed by atoms with Gasteiger partial charge in [-0.1, -0.05) is 5.16 Å². The molecule has 0 N–H and O–H groups in total. The Hall–Kier alpha value is -3.03. The zero-order valence-electron chi connectivity index (χ0n) is 16.4. The Morgan fingerprint density at radius 2 is 2.10 bits per heavy atom. The van der Waals surface area contributed by atoms with Gasteiger partial charge < -0.3 is 9.42 Å². The van der Waals surface area contributed by atoms with Crippen LogP contribution in [-0.2, 0) is 18.3 Å². The topological polar surface area (TPSA) is 64.2 Å². The first-order valence-corrected chi connectivity index (χ1v) is 9.63. The van der Waals surface area contributed by atoms with Gasteiger partial charge in [0.1, 0.15) is 11.6 Å². The standard InChI is InChI=1S/C21H22F2N4O2/c1-13-9-19(29-25-13)16-12-26(2)24-21(16)18-5-3-4-8-27(18)20(28)11-14-10-15(22)6-7-17(14)23/h6-7,9-10,12,18H,3-5,8,11H2,1-2H3/t18-/m1/s1. The Balaban J connectivity index is 1.65. The van der Waals surface area contributed by atoms with Gasteiger partial charge in [-0.25, -0.2) is 8.78 Å². The molecule has 1 amide bonds. The van der Waals surface area contributed by atoms with Gasteiger partial charge in [0.25, 0.3) is 0 Å². The second-order valence-corrected chi connectivity index (χ2v) is 7.45. The number of benzene rings is 1. The van der Waals surface area contributed by atoms with Crippen molar-refractivity contribution in [2.24, 2.45) is 7.05 Å². The van der Waals surface area contributed by atoms with E-state index in [1.54, 1.807) is 9.58 Å². The SMILES string of the molecule is Cc1cc(-c2cn(C)nc2[C@H]2CCCCN2C(=O)Cc2cc(F)ccc2F)on1. The lowest BCUT2D eigenvalue weighted by molar-refractivity contribution is -0.134. The lowest BCUT2D eigenvalue weighted by atomic mass is 9.95. The molecule has 1 aliphatic heterocycles. The van der Waals surface area contributed by atoms with Crippen molar-refractivity contribution in [3.8, 4) is 11.3 Å². The van der Waals surface area contributed by atoms with Gasteiger partial charge in [0.15, 0.2) is 5.76 Å². The summed E-state index contributed by atoms with van der Waals surface area (Å²) in [5.41, 5.74) is 2.34. The number of piperidine rings is 1. The van der Waals surface area contributed by atoms with E-state index in [2.05, 4.69) is 10.3 Å². The molecule has 8 heteroatoms. The molecular formula is C21H22F2N4O2. The maximum atomic E-state index is 14.0. The second-order valence-electron chi connectivity index (χ2n) is 7.45. The maximum Gasteiger partial charge on any atom is 0.227 e. The van der Waals surface area contributed by atoms with Crippen molar-refractivity contribution in [2.45, 2.75) is 38.6 Å². The predicted octanol–water partition coefficient (Wildman–Crippen LogP) is 3.96. The highest BCUT2D eigenvalue weighted by Gasteiger charge is 2.33. The van der Waals surface area contributed by atoms with Gasteiger partial charge in [0, 0.05) is 31.4 Å². The van der Waals surface area contributed by atoms with Crippen molar-refractivity contribution >= 4 is 5.91 Å². The average Bonchev–Trinajstić information content (AvgIpc) is 3.30. The van der Waals surface area contributed by atoms with Gasteiger partial charge in [0.05, 0.1) is 29.4 Å². The summed E-state index contributed by atoms with van der Waals surface area (Å²) in [6, 6.07) is 4.75. The van der Waals surface area contributed by atoms with Gasteiger partial charge in [0.2, 0.25) is 5.91 Å². The number of hydrogen-bond donors (Lipinski definition) is 0. The van der Waals surface area contributed by atoms with Crippen LogP contribution in [0.4, 0.5) is 8.78 Å². The molecule has 3 heterocycles. The molecular weight excluding hydrogens is 378 g/mol. The molecule has 0 bridgehead atoms. The van der Waals surface area contributed by atoms with Gasteiger partial charge in [-0.15, -0.1) is 0 Å². The second kappa shape index (κ2) is 7.77. The quantitative estimate of drug-likeness (QED) is 0.665. The Kier molecular flexibility index (Phi) is 5.17. The van der Waals surface area contributed by atoms with Crippen molar-refractivity contribution in [1.29, 1.82) is 0 Å². The van der Waals surface area contributed by atoms with E-state index in [9.17, 15) is 13.6 Å². The molecule has 0 unspecified atom stereocenters. The molecule has 0 radical (unpaired) electrons. The molecule has 1 atom stereocenters. The summed E-state index contributed by atoms with van der Waals surface area (Å²) < 4.78 is 34.6. The minimum atomic E-state index is -0.580. The van der Waals surface area contributed by atoms with E-state index in [-0.39, 0.29) is 23.9 Å². The smallest absolute Gasteiger partial charge is 0.227 e. The Bertz CT molecular complexity index is 1040. The Morgan fingerprint density at radius 1 is 1.28 bits per heavy atom. The summed E-state index contributed by atoms with van der Waals surface area (Å²) >= 11 is 0. The van der Waals surface area contributed by atoms with E-state index < -0.39 is 11.6 Å². The molecule has 0 saturated carbocycles. The molecule has 1 saturated heterocycles. The summed E-state index contributed by atoms with van der Waals surface area (Å²) in [7, 11) is 1.81. The van der Waals surface area contributed by atoms with Crippen LogP contribution in [0.3, 0.4) is 0 Å². The summed E-state index contributed by atoms with van der Waals surface area (Å²) in [6.45, 7) is 2.39. The molecule has 4 rings (SSSR count). The van der Waals surface area contributed by atoms with Crippen molar-refractivity contribution in [2.75, 3.05) is 6.54 Å². The number of aryl methyl sites for hydroxylation is 2. The van der Waals surface area contributed by atoms with Crippen LogP contribution < -0.4 is 0 Å². The molecule has 1 fully saturated rings. The number of aromatic nitrogens is 3. The summed E-state index contributed by atoms with van der Waals surface area (Å²) in [5, 5.41) is 8.54. The number of halogens is 2. The van der Waals surface area contributed by atoms with E-state index in [0.29, 0.717) is 12.3 Å². The average molecular weight is 400 g/mol. The molecule has 3 aromatic rings. The highest BCUT2D eigenvalue weighted by atomic mass is 19.1. The minimum absolute atomic E-state index is 0.0615. The van der Waals surface area contributed by atoms with Gasteiger partial charge in [-0.3, -0.25) is 9.48 Å². The number of amides is 1. The van der Waals surface area contributed by atoms with Crippen LogP contribution in [0.2, 0.25) is 0 Å². The van der Waals surface area contributed by atoms with E-state index in [0.717, 1.165) is 54.4 Å². The Labute approximate surface area is 167 Å². The van der Waals surface area contributed by atoms with Gasteiger partial charge >= 0.3 is 0 Å². The van der Waals surface area contributed by atoms with E-state index >= 15 is 0 Å². The Morgan fingerprint density at radius 3 is 2.86 bits per heavy atom. The monoisotopic (exact) mass is 400 g/mol. The van der Waals surface area contributed by atoms with E-state index in [4.69, 9.17) is 4.52 Å². The lowest BCUT2D eigenvalue weighted by Crippen LogP contribution is -2.40. The molecule has 152 valence electrons. The first kappa shape index (κ1) is 19.3. The van der Waals surface area contributed by atoms with Crippen LogP contribution in [0.5, 0.6) is 0 Å². The number of likely N-dealkylation sites (tertiary alicyclic amines) is 1. The first-order chi connectivity index (χ1) is 13.9. The largest absolute Gasteiger partial charge is 0.356 e. The zero-order chi connectivity index (χ0) is 20.5. The lowest BCUT2D eigenvalue weighted by Gasteiger charge is -2.35. The fourth-order valence-corrected chi connectivity index (χ4v) is 3.89. The van der Waals surface area contributed by atoms with Crippen LogP contribution in [0.1, 0.15) is 42.3 Å². The fraction of sp³-hybridized carbons (Fsp3) is 0.381. The van der Waals surface area contributed by atoms with Crippen LogP contribution in [0, 0.1) is 18.6 Å². The van der Waals surface area contributed by atoms with Crippen LogP contribution in [0.25, 0.3) is 11.3 Å². The van der Waals surface area contributed by atoms with Crippen LogP contribution >= 0.6 is 0 Å². The third-order valence-corrected chi connectivity index (χ3v) is 5.24. The third kappa shape index (κ3) is 3.92. The normalized spacial score (nSPS) is 17.0. The highest BCUT2D eigenvalue weighted by Crippen LogP contribution is 2.36. The molecule has 0 aliphatic carbocycles.